The number of benzene rings is 2. The Kier molecular flexibility index (Phi) is 6.45. The maximum Gasteiger partial charge on any atom is 0.239 e. The van der Waals surface area contributed by atoms with Crippen molar-refractivity contribution in [2.45, 2.75) is 39.3 Å². The molecule has 0 saturated heterocycles. The zero-order valence-electron chi connectivity index (χ0n) is 15.6. The molecule has 134 valence electrons. The summed E-state index contributed by atoms with van der Waals surface area (Å²) in [6.45, 7) is 7.14. The van der Waals surface area contributed by atoms with Crippen molar-refractivity contribution in [3.63, 3.8) is 0 Å². The Morgan fingerprint density at radius 2 is 1.72 bits per heavy atom. The summed E-state index contributed by atoms with van der Waals surface area (Å²) in [6.07, 6.45) is 0.889. The number of carbonyl (C=O) groups is 1. The van der Waals surface area contributed by atoms with Crippen molar-refractivity contribution in [2.24, 2.45) is 0 Å². The quantitative estimate of drug-likeness (QED) is 0.789. The number of nitrogens with zero attached hydrogens (tertiary/aromatic N) is 1. The topological polar surface area (TPSA) is 41.6 Å². The average Bonchev–Trinajstić information content (AvgIpc) is 2.61. The van der Waals surface area contributed by atoms with Crippen LogP contribution in [0.25, 0.3) is 0 Å². The molecule has 1 amide bonds. The molecular weight excluding hydrogens is 312 g/mol. The van der Waals surface area contributed by atoms with Gasteiger partial charge in [0.15, 0.2) is 0 Å². The summed E-state index contributed by atoms with van der Waals surface area (Å²) >= 11 is 0. The van der Waals surface area contributed by atoms with E-state index in [0.717, 1.165) is 17.9 Å². The van der Waals surface area contributed by atoms with E-state index >= 15 is 0 Å². The van der Waals surface area contributed by atoms with Crippen LogP contribution in [0.15, 0.2) is 54.6 Å². The molecule has 0 aliphatic rings. The Hall–Kier alpha value is -2.49. The first-order chi connectivity index (χ1) is 11.9. The van der Waals surface area contributed by atoms with Gasteiger partial charge in [-0.3, -0.25) is 4.79 Å². The van der Waals surface area contributed by atoms with E-state index in [1.165, 1.54) is 5.56 Å². The maximum absolute atomic E-state index is 12.5. The highest BCUT2D eigenvalue weighted by atomic mass is 16.5. The number of carbonyl (C=O) groups excluding carboxylic acids is 1. The number of amides is 1. The van der Waals surface area contributed by atoms with Crippen molar-refractivity contribution in [3.05, 3.63) is 60.2 Å². The van der Waals surface area contributed by atoms with E-state index in [9.17, 15) is 4.79 Å². The largest absolute Gasteiger partial charge is 0.497 e. The monoisotopic (exact) mass is 340 g/mol. The van der Waals surface area contributed by atoms with Gasteiger partial charge in [0.1, 0.15) is 5.75 Å². The van der Waals surface area contributed by atoms with E-state index < -0.39 is 0 Å². The lowest BCUT2D eigenvalue weighted by Crippen LogP contribution is -2.47. The highest BCUT2D eigenvalue weighted by Gasteiger charge is 2.20. The zero-order chi connectivity index (χ0) is 18.3. The molecule has 4 heteroatoms. The molecule has 0 atom stereocenters. The van der Waals surface area contributed by atoms with Gasteiger partial charge in [-0.1, -0.05) is 37.3 Å². The summed E-state index contributed by atoms with van der Waals surface area (Å²) < 4.78 is 5.23. The Labute approximate surface area is 150 Å². The van der Waals surface area contributed by atoms with Gasteiger partial charge in [-0.05, 0) is 50.1 Å². The zero-order valence-corrected chi connectivity index (χ0v) is 15.6. The van der Waals surface area contributed by atoms with Crippen molar-refractivity contribution in [3.8, 4) is 5.75 Å². The average molecular weight is 340 g/mol. The highest BCUT2D eigenvalue weighted by Crippen LogP contribution is 2.21. The van der Waals surface area contributed by atoms with Crippen LogP contribution in [0.5, 0.6) is 5.75 Å². The lowest BCUT2D eigenvalue weighted by atomic mass is 10.0. The van der Waals surface area contributed by atoms with Gasteiger partial charge in [-0.2, -0.15) is 0 Å². The number of hydrogen-bond acceptors (Lipinski definition) is 3. The second-order valence-electron chi connectivity index (χ2n) is 6.83. The van der Waals surface area contributed by atoms with Gasteiger partial charge in [-0.15, -0.1) is 0 Å². The Morgan fingerprint density at radius 3 is 2.28 bits per heavy atom. The molecule has 0 bridgehead atoms. The summed E-state index contributed by atoms with van der Waals surface area (Å²) in [4.78, 5) is 14.6. The van der Waals surface area contributed by atoms with Gasteiger partial charge >= 0.3 is 0 Å². The molecule has 0 saturated carbocycles. The van der Waals surface area contributed by atoms with Crippen LogP contribution in [0.2, 0.25) is 0 Å². The minimum atomic E-state index is -0.199. The molecule has 0 radical (unpaired) electrons. The second kappa shape index (κ2) is 8.56. The maximum atomic E-state index is 12.5. The van der Waals surface area contributed by atoms with E-state index in [0.29, 0.717) is 13.1 Å². The molecular formula is C21H28N2O2. The van der Waals surface area contributed by atoms with Crippen LogP contribution in [-0.4, -0.2) is 25.1 Å². The van der Waals surface area contributed by atoms with Gasteiger partial charge in [0, 0.05) is 17.8 Å². The van der Waals surface area contributed by atoms with Crippen molar-refractivity contribution >= 4 is 11.6 Å². The summed E-state index contributed by atoms with van der Waals surface area (Å²) in [5, 5.41) is 3.11. The Balaban J connectivity index is 2.17. The van der Waals surface area contributed by atoms with Gasteiger partial charge < -0.3 is 15.0 Å². The summed E-state index contributed by atoms with van der Waals surface area (Å²) in [5.74, 6) is 0.832. The van der Waals surface area contributed by atoms with Crippen LogP contribution in [0.1, 0.15) is 32.8 Å². The van der Waals surface area contributed by atoms with Crippen LogP contribution in [0, 0.1) is 0 Å². The lowest BCUT2D eigenvalue weighted by molar-refractivity contribution is -0.121. The fourth-order valence-electron chi connectivity index (χ4n) is 2.51. The molecule has 2 rings (SSSR count). The van der Waals surface area contributed by atoms with Crippen LogP contribution in [0.3, 0.4) is 0 Å². The van der Waals surface area contributed by atoms with Gasteiger partial charge in [0.05, 0.1) is 13.7 Å². The number of anilines is 1. The van der Waals surface area contributed by atoms with Crippen LogP contribution in [0.4, 0.5) is 5.69 Å². The first kappa shape index (κ1) is 18.8. The highest BCUT2D eigenvalue weighted by molar-refractivity contribution is 5.82. The molecule has 4 nitrogen and oxygen atoms in total. The molecule has 0 aromatic heterocycles. The molecule has 0 heterocycles. The third-order valence-electron chi connectivity index (χ3n) is 4.35. The van der Waals surface area contributed by atoms with E-state index in [1.54, 1.807) is 7.11 Å². The molecule has 25 heavy (non-hydrogen) atoms. The van der Waals surface area contributed by atoms with Crippen molar-refractivity contribution < 1.29 is 9.53 Å². The molecule has 0 aliphatic heterocycles. The van der Waals surface area contributed by atoms with Crippen molar-refractivity contribution in [2.75, 3.05) is 18.6 Å². The third-order valence-corrected chi connectivity index (χ3v) is 4.35. The van der Waals surface area contributed by atoms with Gasteiger partial charge in [0.25, 0.3) is 0 Å². The molecule has 2 aromatic carbocycles. The number of rotatable bonds is 8. The van der Waals surface area contributed by atoms with E-state index in [1.807, 2.05) is 56.3 Å². The molecule has 0 aliphatic carbocycles. The molecule has 0 spiro atoms. The minimum absolute atomic E-state index is 0.0265. The van der Waals surface area contributed by atoms with E-state index in [4.69, 9.17) is 4.74 Å². The van der Waals surface area contributed by atoms with Crippen LogP contribution >= 0.6 is 0 Å². The normalized spacial score (nSPS) is 11.0. The van der Waals surface area contributed by atoms with Crippen molar-refractivity contribution in [1.82, 2.24) is 5.32 Å². The van der Waals surface area contributed by atoms with Gasteiger partial charge in [0.2, 0.25) is 5.91 Å². The summed E-state index contributed by atoms with van der Waals surface area (Å²) in [6, 6.07) is 18.0. The summed E-state index contributed by atoms with van der Waals surface area (Å²) in [7, 11) is 1.65. The smallest absolute Gasteiger partial charge is 0.239 e. The number of hydrogen-bond donors (Lipinski definition) is 1. The van der Waals surface area contributed by atoms with E-state index in [2.05, 4.69) is 29.3 Å². The molecule has 2 aromatic rings. The van der Waals surface area contributed by atoms with Crippen molar-refractivity contribution in [1.29, 1.82) is 0 Å². The predicted octanol–water partition coefficient (Wildman–Crippen LogP) is 4.01. The first-order valence-electron chi connectivity index (χ1n) is 8.67. The van der Waals surface area contributed by atoms with E-state index in [-0.39, 0.29) is 11.4 Å². The first-order valence-corrected chi connectivity index (χ1v) is 8.67. The fraction of sp³-hybridized carbons (Fsp3) is 0.381. The third kappa shape index (κ3) is 5.82. The standard InChI is InChI=1S/C21H28N2O2/c1-5-21(2,3)22-20(24)16-23(15-17-9-7-6-8-10-17)18-11-13-19(25-4)14-12-18/h6-14H,5,15-16H2,1-4H3,(H,22,24). The molecule has 0 fully saturated rings. The second-order valence-corrected chi connectivity index (χ2v) is 6.83. The number of ether oxygens (including phenoxy) is 1. The molecule has 1 N–H and O–H groups in total. The number of nitrogens with one attached hydrogen (secondary N) is 1. The minimum Gasteiger partial charge on any atom is -0.497 e. The fourth-order valence-corrected chi connectivity index (χ4v) is 2.51. The number of methoxy groups -OCH3 is 1. The van der Waals surface area contributed by atoms with Crippen LogP contribution < -0.4 is 15.0 Å². The molecule has 0 unspecified atom stereocenters. The summed E-state index contributed by atoms with van der Waals surface area (Å²) in [5.41, 5.74) is 1.96. The SMILES string of the molecule is CCC(C)(C)NC(=O)CN(Cc1ccccc1)c1ccc(OC)cc1. The Bertz CT molecular complexity index is 666. The Morgan fingerprint density at radius 1 is 1.08 bits per heavy atom. The predicted molar refractivity (Wildman–Crippen MR) is 103 cm³/mol. The lowest BCUT2D eigenvalue weighted by Gasteiger charge is -2.29. The van der Waals surface area contributed by atoms with Gasteiger partial charge in [-0.25, -0.2) is 0 Å². The van der Waals surface area contributed by atoms with Crippen LogP contribution in [-0.2, 0) is 11.3 Å².